The minimum atomic E-state index is -1.62. The number of amides is 2. The van der Waals surface area contributed by atoms with Crippen molar-refractivity contribution in [1.29, 1.82) is 0 Å². The third kappa shape index (κ3) is 3.45. The lowest BCUT2D eigenvalue weighted by Gasteiger charge is -2.48. The molecule has 31 heavy (non-hydrogen) atoms. The summed E-state index contributed by atoms with van der Waals surface area (Å²) in [5.74, 6) is -1.92. The fourth-order valence-electron chi connectivity index (χ4n) is 4.13. The molecule has 2 amide bonds. The summed E-state index contributed by atoms with van der Waals surface area (Å²) in [6, 6.07) is 10.4. The van der Waals surface area contributed by atoms with Crippen LogP contribution in [0.25, 0.3) is 0 Å². The molecule has 7 nitrogen and oxygen atoms in total. The Morgan fingerprint density at radius 1 is 1.23 bits per heavy atom. The van der Waals surface area contributed by atoms with E-state index in [0.29, 0.717) is 16.8 Å². The molecule has 0 spiro atoms. The van der Waals surface area contributed by atoms with Gasteiger partial charge in [-0.2, -0.15) is 0 Å². The van der Waals surface area contributed by atoms with Crippen LogP contribution in [0, 0.1) is 5.82 Å². The molecule has 0 bridgehead atoms. The van der Waals surface area contributed by atoms with Crippen LogP contribution in [0.3, 0.4) is 0 Å². The predicted molar refractivity (Wildman–Crippen MR) is 110 cm³/mol. The number of carbonyl (C=O) groups excluding carboxylic acids is 3. The van der Waals surface area contributed by atoms with E-state index in [1.54, 1.807) is 24.3 Å². The highest BCUT2D eigenvalue weighted by Gasteiger charge is 2.61. The maximum atomic E-state index is 13.5. The number of rotatable bonds is 6. The summed E-state index contributed by atoms with van der Waals surface area (Å²) in [6.45, 7) is 0.0459. The van der Waals surface area contributed by atoms with Crippen molar-refractivity contribution in [2.75, 3.05) is 25.2 Å². The van der Waals surface area contributed by atoms with Crippen LogP contribution >= 0.6 is 11.6 Å². The van der Waals surface area contributed by atoms with E-state index in [-0.39, 0.29) is 49.4 Å². The lowest BCUT2D eigenvalue weighted by molar-refractivity contribution is -0.159. The molecule has 0 radical (unpaired) electrons. The summed E-state index contributed by atoms with van der Waals surface area (Å²) < 4.78 is 24.0. The van der Waals surface area contributed by atoms with Gasteiger partial charge in [0.2, 0.25) is 11.6 Å². The molecule has 0 N–H and O–H groups in total. The zero-order valence-corrected chi connectivity index (χ0v) is 17.5. The third-order valence-electron chi connectivity index (χ3n) is 5.59. The van der Waals surface area contributed by atoms with Gasteiger partial charge in [0.25, 0.3) is 5.91 Å². The lowest BCUT2D eigenvalue weighted by Crippen LogP contribution is -2.68. The van der Waals surface area contributed by atoms with E-state index >= 15 is 0 Å². The number of halogens is 2. The van der Waals surface area contributed by atoms with Gasteiger partial charge in [0, 0.05) is 32.1 Å². The number of methoxy groups -OCH3 is 1. The molecule has 1 atom stereocenters. The number of esters is 1. The highest BCUT2D eigenvalue weighted by atomic mass is 35.5. The van der Waals surface area contributed by atoms with E-state index in [1.807, 2.05) is 0 Å². The first-order chi connectivity index (χ1) is 14.9. The van der Waals surface area contributed by atoms with Crippen molar-refractivity contribution in [1.82, 2.24) is 4.90 Å². The standard InChI is InChI=1S/C22H20ClFN2O5/c1-30-11-10-25-20(28)16-4-2-3-5-18(16)26-19(27)8-9-22(25,26)21(29)31-13-14-6-7-15(24)12-17(14)23/h2-7,12H,8-11,13H2,1H3. The van der Waals surface area contributed by atoms with E-state index in [1.165, 1.54) is 29.0 Å². The van der Waals surface area contributed by atoms with Crippen LogP contribution in [0.15, 0.2) is 42.5 Å². The third-order valence-corrected chi connectivity index (χ3v) is 5.95. The summed E-state index contributed by atoms with van der Waals surface area (Å²) in [5.41, 5.74) is -0.498. The number of anilines is 1. The zero-order chi connectivity index (χ0) is 22.2. The number of ether oxygens (including phenoxy) is 2. The average molecular weight is 447 g/mol. The fourth-order valence-corrected chi connectivity index (χ4v) is 4.36. The molecule has 1 saturated heterocycles. The molecule has 1 fully saturated rings. The smallest absolute Gasteiger partial charge is 0.354 e. The van der Waals surface area contributed by atoms with Crippen molar-refractivity contribution in [2.24, 2.45) is 0 Å². The molecule has 0 aromatic heterocycles. The molecule has 0 aliphatic carbocycles. The van der Waals surface area contributed by atoms with Crippen LogP contribution in [0.2, 0.25) is 5.02 Å². The minimum absolute atomic E-state index is 0.0809. The Morgan fingerprint density at radius 2 is 2.00 bits per heavy atom. The van der Waals surface area contributed by atoms with Gasteiger partial charge in [0.05, 0.1) is 22.9 Å². The molecule has 2 aliphatic rings. The van der Waals surface area contributed by atoms with Crippen molar-refractivity contribution in [3.05, 3.63) is 64.4 Å². The predicted octanol–water partition coefficient (Wildman–Crippen LogP) is 3.15. The number of fused-ring (bicyclic) bond motifs is 3. The SMILES string of the molecule is COCCN1C(=O)c2ccccc2N2C(=O)CCC12C(=O)OCc1ccc(F)cc1Cl. The van der Waals surface area contributed by atoms with E-state index in [9.17, 15) is 18.8 Å². The van der Waals surface area contributed by atoms with Crippen LogP contribution < -0.4 is 4.90 Å². The molecular formula is C22H20ClFN2O5. The Morgan fingerprint density at radius 3 is 2.74 bits per heavy atom. The van der Waals surface area contributed by atoms with Gasteiger partial charge in [-0.15, -0.1) is 0 Å². The van der Waals surface area contributed by atoms with Gasteiger partial charge in [-0.25, -0.2) is 9.18 Å². The van der Waals surface area contributed by atoms with E-state index in [4.69, 9.17) is 21.1 Å². The Hall–Kier alpha value is -2.97. The van der Waals surface area contributed by atoms with Gasteiger partial charge < -0.3 is 14.4 Å². The first-order valence-electron chi connectivity index (χ1n) is 9.74. The molecule has 9 heteroatoms. The Balaban J connectivity index is 1.73. The second-order valence-corrected chi connectivity index (χ2v) is 7.73. The molecule has 1 unspecified atom stereocenters. The number of carbonyl (C=O) groups is 3. The highest BCUT2D eigenvalue weighted by Crippen LogP contribution is 2.45. The maximum absolute atomic E-state index is 13.5. The molecule has 2 aliphatic heterocycles. The Kier molecular flexibility index (Phi) is 5.68. The summed E-state index contributed by atoms with van der Waals surface area (Å²) in [6.07, 6.45) is 0.170. The van der Waals surface area contributed by atoms with Crippen LogP contribution in [-0.2, 0) is 25.7 Å². The Bertz CT molecular complexity index is 1060. The second-order valence-electron chi connectivity index (χ2n) is 7.32. The Labute approximate surface area is 183 Å². The maximum Gasteiger partial charge on any atom is 0.354 e. The number of hydrogen-bond donors (Lipinski definition) is 0. The number of benzene rings is 2. The molecule has 2 heterocycles. The molecule has 2 aromatic rings. The fraction of sp³-hybridized carbons (Fsp3) is 0.318. The van der Waals surface area contributed by atoms with Crippen molar-refractivity contribution >= 4 is 35.1 Å². The summed E-state index contributed by atoms with van der Waals surface area (Å²) >= 11 is 6.04. The summed E-state index contributed by atoms with van der Waals surface area (Å²) in [5, 5.41) is 0.117. The van der Waals surface area contributed by atoms with Crippen molar-refractivity contribution in [3.63, 3.8) is 0 Å². The molecule has 162 valence electrons. The number of hydrogen-bond acceptors (Lipinski definition) is 5. The topological polar surface area (TPSA) is 76.2 Å². The lowest BCUT2D eigenvalue weighted by atomic mass is 9.96. The van der Waals surface area contributed by atoms with Gasteiger partial charge in [-0.3, -0.25) is 14.5 Å². The van der Waals surface area contributed by atoms with Gasteiger partial charge >= 0.3 is 5.97 Å². The van der Waals surface area contributed by atoms with E-state index < -0.39 is 17.4 Å². The van der Waals surface area contributed by atoms with Crippen LogP contribution in [0.1, 0.15) is 28.8 Å². The van der Waals surface area contributed by atoms with Crippen molar-refractivity contribution in [2.45, 2.75) is 25.1 Å². The highest BCUT2D eigenvalue weighted by molar-refractivity contribution is 6.31. The van der Waals surface area contributed by atoms with Crippen LogP contribution in [0.4, 0.5) is 10.1 Å². The second kappa shape index (κ2) is 8.28. The van der Waals surface area contributed by atoms with Gasteiger partial charge in [0.15, 0.2) is 0 Å². The minimum Gasteiger partial charge on any atom is -0.458 e. The summed E-state index contributed by atoms with van der Waals surface area (Å²) in [4.78, 5) is 42.3. The first kappa shape index (κ1) is 21.3. The quantitative estimate of drug-likeness (QED) is 0.637. The van der Waals surface area contributed by atoms with Gasteiger partial charge in [-0.05, 0) is 24.3 Å². The van der Waals surface area contributed by atoms with Crippen molar-refractivity contribution in [3.8, 4) is 0 Å². The molecule has 0 saturated carbocycles. The van der Waals surface area contributed by atoms with Crippen LogP contribution in [0.5, 0.6) is 0 Å². The monoisotopic (exact) mass is 446 g/mol. The molecule has 2 aromatic carbocycles. The molecular weight excluding hydrogens is 427 g/mol. The largest absolute Gasteiger partial charge is 0.458 e. The zero-order valence-electron chi connectivity index (χ0n) is 16.8. The van der Waals surface area contributed by atoms with Crippen molar-refractivity contribution < 1.29 is 28.2 Å². The number of para-hydroxylation sites is 1. The van der Waals surface area contributed by atoms with Crippen LogP contribution in [-0.4, -0.2) is 48.6 Å². The normalized spacial score (nSPS) is 20.0. The van der Waals surface area contributed by atoms with Gasteiger partial charge in [-0.1, -0.05) is 29.8 Å². The van der Waals surface area contributed by atoms with Gasteiger partial charge in [0.1, 0.15) is 12.4 Å². The first-order valence-corrected chi connectivity index (χ1v) is 10.1. The average Bonchev–Trinajstić information content (AvgIpc) is 3.11. The van der Waals surface area contributed by atoms with E-state index in [2.05, 4.69) is 0 Å². The summed E-state index contributed by atoms with van der Waals surface area (Å²) in [7, 11) is 1.49. The molecule has 4 rings (SSSR count). The van der Waals surface area contributed by atoms with E-state index in [0.717, 1.165) is 6.07 Å². The number of nitrogens with zero attached hydrogens (tertiary/aromatic N) is 2.